The normalized spacial score (nSPS) is 26.9. The lowest BCUT2D eigenvalue weighted by atomic mass is 10.3. The zero-order valence-corrected chi connectivity index (χ0v) is 8.28. The molecule has 1 aliphatic rings. The van der Waals surface area contributed by atoms with Crippen molar-refractivity contribution in [2.24, 2.45) is 0 Å². The molecule has 0 bridgehead atoms. The van der Waals surface area contributed by atoms with E-state index >= 15 is 0 Å². The van der Waals surface area contributed by atoms with Gasteiger partial charge in [0.05, 0.1) is 6.54 Å². The predicted octanol–water partition coefficient (Wildman–Crippen LogP) is -0.0458. The number of halogens is 1. The Morgan fingerprint density at radius 1 is 1.64 bits per heavy atom. The molecule has 2 atom stereocenters. The van der Waals surface area contributed by atoms with Gasteiger partial charge in [-0.1, -0.05) is 6.92 Å². The highest BCUT2D eigenvalue weighted by molar-refractivity contribution is 5.77. The van der Waals surface area contributed by atoms with Crippen molar-refractivity contribution < 1.29 is 19.0 Å². The van der Waals surface area contributed by atoms with E-state index in [1.165, 1.54) is 4.90 Å². The minimum Gasteiger partial charge on any atom is -0.388 e. The molecule has 1 saturated heterocycles. The van der Waals surface area contributed by atoms with E-state index in [9.17, 15) is 9.18 Å². The first-order valence-electron chi connectivity index (χ1n) is 4.82. The number of rotatable bonds is 4. The van der Waals surface area contributed by atoms with Crippen LogP contribution in [-0.4, -0.2) is 54.5 Å². The summed E-state index contributed by atoms with van der Waals surface area (Å²) in [6, 6.07) is 0. The number of amides is 1. The maximum Gasteiger partial charge on any atom is 0.248 e. The monoisotopic (exact) mass is 205 g/mol. The number of β-amino-alcohol motifs (C(OH)–C–C–N with tert-alkyl or cyclic N) is 1. The first-order chi connectivity index (χ1) is 6.65. The number of hydrogen-bond donors (Lipinski definition) is 1. The standard InChI is InChI=1S/C9H16FNO3/c1-2-3-14-6-9(13)11-4-7(10)8(12)5-11/h7-8,12H,2-6H2,1H3/t7-,8-/m0/s1. The minimum absolute atomic E-state index is 0.0184. The van der Waals surface area contributed by atoms with Crippen molar-refractivity contribution in [3.05, 3.63) is 0 Å². The molecule has 0 saturated carbocycles. The molecule has 82 valence electrons. The number of aliphatic hydroxyl groups excluding tert-OH is 1. The van der Waals surface area contributed by atoms with E-state index in [0.29, 0.717) is 6.61 Å². The summed E-state index contributed by atoms with van der Waals surface area (Å²) in [7, 11) is 0. The summed E-state index contributed by atoms with van der Waals surface area (Å²) in [5.74, 6) is -0.252. The van der Waals surface area contributed by atoms with Gasteiger partial charge in [-0.2, -0.15) is 0 Å². The predicted molar refractivity (Wildman–Crippen MR) is 48.6 cm³/mol. The third-order valence-corrected chi connectivity index (χ3v) is 2.15. The van der Waals surface area contributed by atoms with Crippen LogP contribution in [0.2, 0.25) is 0 Å². The van der Waals surface area contributed by atoms with Crippen molar-refractivity contribution in [3.63, 3.8) is 0 Å². The molecule has 5 heteroatoms. The first-order valence-corrected chi connectivity index (χ1v) is 4.82. The van der Waals surface area contributed by atoms with Crippen LogP contribution >= 0.6 is 0 Å². The highest BCUT2D eigenvalue weighted by Gasteiger charge is 2.33. The van der Waals surface area contributed by atoms with Crippen LogP contribution in [0.15, 0.2) is 0 Å². The number of ether oxygens (including phenoxy) is 1. The van der Waals surface area contributed by atoms with E-state index in [4.69, 9.17) is 9.84 Å². The van der Waals surface area contributed by atoms with Gasteiger partial charge < -0.3 is 14.7 Å². The molecule has 0 aromatic heterocycles. The Morgan fingerprint density at radius 2 is 2.36 bits per heavy atom. The van der Waals surface area contributed by atoms with Gasteiger partial charge in [-0.05, 0) is 6.42 Å². The van der Waals surface area contributed by atoms with E-state index in [1.807, 2.05) is 6.92 Å². The molecule has 1 heterocycles. The van der Waals surface area contributed by atoms with E-state index in [-0.39, 0.29) is 25.6 Å². The average molecular weight is 205 g/mol. The third kappa shape index (κ3) is 2.92. The van der Waals surface area contributed by atoms with Gasteiger partial charge in [0.1, 0.15) is 18.9 Å². The van der Waals surface area contributed by atoms with Crippen LogP contribution < -0.4 is 0 Å². The Labute approximate surface area is 82.6 Å². The molecule has 1 N–H and O–H groups in total. The molecule has 4 nitrogen and oxygen atoms in total. The average Bonchev–Trinajstić information content (AvgIpc) is 2.47. The van der Waals surface area contributed by atoms with Gasteiger partial charge in [-0.3, -0.25) is 4.79 Å². The van der Waals surface area contributed by atoms with Gasteiger partial charge in [0.25, 0.3) is 0 Å². The zero-order chi connectivity index (χ0) is 10.6. The van der Waals surface area contributed by atoms with Crippen molar-refractivity contribution >= 4 is 5.91 Å². The first kappa shape index (κ1) is 11.4. The van der Waals surface area contributed by atoms with Crippen LogP contribution in [0.5, 0.6) is 0 Å². The molecule has 0 spiro atoms. The molecule has 0 unspecified atom stereocenters. The van der Waals surface area contributed by atoms with Crippen molar-refractivity contribution in [3.8, 4) is 0 Å². The van der Waals surface area contributed by atoms with Crippen LogP contribution in [0.3, 0.4) is 0 Å². The molecule has 0 aromatic carbocycles. The molecule has 14 heavy (non-hydrogen) atoms. The fourth-order valence-electron chi connectivity index (χ4n) is 1.35. The van der Waals surface area contributed by atoms with Crippen molar-refractivity contribution in [1.82, 2.24) is 4.90 Å². The second-order valence-corrected chi connectivity index (χ2v) is 3.43. The summed E-state index contributed by atoms with van der Waals surface area (Å²) < 4.78 is 17.9. The SMILES string of the molecule is CCCOCC(=O)N1C[C@H](O)[C@@H](F)C1. The largest absolute Gasteiger partial charge is 0.388 e. The summed E-state index contributed by atoms with van der Waals surface area (Å²) in [6.45, 7) is 2.51. The van der Waals surface area contributed by atoms with E-state index < -0.39 is 12.3 Å². The van der Waals surface area contributed by atoms with E-state index in [2.05, 4.69) is 0 Å². The number of carbonyl (C=O) groups is 1. The lowest BCUT2D eigenvalue weighted by Crippen LogP contribution is -2.32. The smallest absolute Gasteiger partial charge is 0.248 e. The van der Waals surface area contributed by atoms with Crippen molar-refractivity contribution in [2.45, 2.75) is 25.6 Å². The molecule has 1 fully saturated rings. The number of likely N-dealkylation sites (tertiary alicyclic amines) is 1. The fourth-order valence-corrected chi connectivity index (χ4v) is 1.35. The maximum atomic E-state index is 12.8. The summed E-state index contributed by atoms with van der Waals surface area (Å²) in [4.78, 5) is 12.6. The Balaban J connectivity index is 2.25. The van der Waals surface area contributed by atoms with Crippen molar-refractivity contribution in [1.29, 1.82) is 0 Å². The quantitative estimate of drug-likeness (QED) is 0.655. The summed E-state index contributed by atoms with van der Waals surface area (Å²) in [5.41, 5.74) is 0. The van der Waals surface area contributed by atoms with Crippen LogP contribution in [-0.2, 0) is 9.53 Å². The van der Waals surface area contributed by atoms with Gasteiger partial charge in [0.15, 0.2) is 0 Å². The lowest BCUT2D eigenvalue weighted by Gasteiger charge is -2.14. The highest BCUT2D eigenvalue weighted by Crippen LogP contribution is 2.13. The second-order valence-electron chi connectivity index (χ2n) is 3.43. The Bertz CT molecular complexity index is 190. The maximum absolute atomic E-state index is 12.8. The van der Waals surface area contributed by atoms with Gasteiger partial charge in [-0.15, -0.1) is 0 Å². The number of alkyl halides is 1. The number of aliphatic hydroxyl groups is 1. The lowest BCUT2D eigenvalue weighted by molar-refractivity contribution is -0.135. The Hall–Kier alpha value is -0.680. The molecule has 0 aromatic rings. The van der Waals surface area contributed by atoms with Crippen LogP contribution in [0.1, 0.15) is 13.3 Å². The molecular weight excluding hydrogens is 189 g/mol. The molecular formula is C9H16FNO3. The minimum atomic E-state index is -1.31. The van der Waals surface area contributed by atoms with Gasteiger partial charge >= 0.3 is 0 Å². The van der Waals surface area contributed by atoms with E-state index in [1.54, 1.807) is 0 Å². The molecule has 0 aliphatic carbocycles. The molecule has 1 aliphatic heterocycles. The summed E-state index contributed by atoms with van der Waals surface area (Å²) in [6.07, 6.45) is -1.50. The Morgan fingerprint density at radius 3 is 2.86 bits per heavy atom. The van der Waals surface area contributed by atoms with Gasteiger partial charge in [0, 0.05) is 13.2 Å². The van der Waals surface area contributed by atoms with Crippen LogP contribution in [0, 0.1) is 0 Å². The third-order valence-electron chi connectivity index (χ3n) is 2.15. The fraction of sp³-hybridized carbons (Fsp3) is 0.889. The Kier molecular flexibility index (Phi) is 4.28. The van der Waals surface area contributed by atoms with Crippen LogP contribution in [0.4, 0.5) is 4.39 Å². The zero-order valence-electron chi connectivity index (χ0n) is 8.28. The topological polar surface area (TPSA) is 49.8 Å². The van der Waals surface area contributed by atoms with Gasteiger partial charge in [0.2, 0.25) is 5.91 Å². The van der Waals surface area contributed by atoms with Gasteiger partial charge in [-0.25, -0.2) is 4.39 Å². The molecule has 1 amide bonds. The highest BCUT2D eigenvalue weighted by atomic mass is 19.1. The molecule has 0 radical (unpaired) electrons. The molecule has 1 rings (SSSR count). The summed E-state index contributed by atoms with van der Waals surface area (Å²) >= 11 is 0. The van der Waals surface area contributed by atoms with Crippen molar-refractivity contribution in [2.75, 3.05) is 26.3 Å². The summed E-state index contributed by atoms with van der Waals surface area (Å²) in [5, 5.41) is 9.08. The number of nitrogens with zero attached hydrogens (tertiary/aromatic N) is 1. The van der Waals surface area contributed by atoms with Crippen LogP contribution in [0.25, 0.3) is 0 Å². The number of hydrogen-bond acceptors (Lipinski definition) is 3. The number of carbonyl (C=O) groups excluding carboxylic acids is 1. The van der Waals surface area contributed by atoms with E-state index in [0.717, 1.165) is 6.42 Å². The second kappa shape index (κ2) is 5.26.